The summed E-state index contributed by atoms with van der Waals surface area (Å²) in [7, 11) is 0. The maximum absolute atomic E-state index is 13.1. The number of nitrogens with one attached hydrogen (secondary N) is 1. The van der Waals surface area contributed by atoms with Gasteiger partial charge in [0, 0.05) is 28.2 Å². The predicted octanol–water partition coefficient (Wildman–Crippen LogP) is 5.05. The molecule has 2 aromatic carbocycles. The van der Waals surface area contributed by atoms with Crippen LogP contribution >= 0.6 is 11.3 Å². The first-order valence-electron chi connectivity index (χ1n) is 12.0. The van der Waals surface area contributed by atoms with Crippen LogP contribution in [-0.2, 0) is 11.2 Å². The van der Waals surface area contributed by atoms with Crippen LogP contribution in [0.1, 0.15) is 45.6 Å². The van der Waals surface area contributed by atoms with Crippen molar-refractivity contribution in [2.24, 2.45) is 0 Å². The number of thiazole rings is 1. The summed E-state index contributed by atoms with van der Waals surface area (Å²) in [4.78, 5) is 35.4. The first-order valence-corrected chi connectivity index (χ1v) is 12.8. The van der Waals surface area contributed by atoms with Gasteiger partial charge in [0.2, 0.25) is 5.91 Å². The summed E-state index contributed by atoms with van der Waals surface area (Å²) in [6.45, 7) is 7.15. The summed E-state index contributed by atoms with van der Waals surface area (Å²) in [5.41, 5.74) is 5.89. The third-order valence-corrected chi connectivity index (χ3v) is 7.54. The molecule has 0 bridgehead atoms. The zero-order valence-corrected chi connectivity index (χ0v) is 20.6. The number of fused-ring (bicyclic) bond motifs is 1. The fourth-order valence-corrected chi connectivity index (χ4v) is 5.66. The van der Waals surface area contributed by atoms with Gasteiger partial charge in [-0.25, -0.2) is 4.98 Å². The molecule has 1 N–H and O–H groups in total. The van der Waals surface area contributed by atoms with Crippen molar-refractivity contribution in [2.75, 3.05) is 36.4 Å². The topological polar surface area (TPSA) is 65.5 Å². The van der Waals surface area contributed by atoms with Crippen molar-refractivity contribution in [3.63, 3.8) is 0 Å². The van der Waals surface area contributed by atoms with Crippen molar-refractivity contribution >= 4 is 34.0 Å². The molecule has 2 aliphatic rings. The Kier molecular flexibility index (Phi) is 6.48. The Morgan fingerprint density at radius 2 is 1.76 bits per heavy atom. The largest absolute Gasteiger partial charge is 0.308 e. The molecule has 0 spiro atoms. The standard InChI is InChI=1S/C27H30N4O2S/c1-18-6-8-20(9-7-18)26(33)31-15-12-21-16-22(10-11-23(21)31)25-19(2)34-27(29-25)28-24(32)17-30-13-4-3-5-14-30/h6-11,16H,3-5,12-15,17H2,1-2H3,(H,28,29,32). The van der Waals surface area contributed by atoms with E-state index in [0.29, 0.717) is 23.8 Å². The van der Waals surface area contributed by atoms with Crippen LogP contribution in [-0.4, -0.2) is 47.9 Å². The molecule has 0 radical (unpaired) electrons. The molecule has 7 heteroatoms. The van der Waals surface area contributed by atoms with Gasteiger partial charge >= 0.3 is 0 Å². The van der Waals surface area contributed by atoms with E-state index < -0.39 is 0 Å². The average Bonchev–Trinajstić information content (AvgIpc) is 3.42. The van der Waals surface area contributed by atoms with E-state index in [1.54, 1.807) is 0 Å². The van der Waals surface area contributed by atoms with E-state index in [2.05, 4.69) is 16.3 Å². The molecule has 0 atom stereocenters. The van der Waals surface area contributed by atoms with Crippen molar-refractivity contribution in [3.8, 4) is 11.3 Å². The summed E-state index contributed by atoms with van der Waals surface area (Å²) in [5, 5.41) is 3.64. The molecule has 2 amide bonds. The van der Waals surface area contributed by atoms with Crippen LogP contribution in [0.5, 0.6) is 0 Å². The zero-order valence-electron chi connectivity index (χ0n) is 19.8. The number of amides is 2. The van der Waals surface area contributed by atoms with Gasteiger partial charge in [0.1, 0.15) is 0 Å². The summed E-state index contributed by atoms with van der Waals surface area (Å²) >= 11 is 1.51. The average molecular weight is 475 g/mol. The van der Waals surface area contributed by atoms with E-state index in [-0.39, 0.29) is 11.8 Å². The Bertz CT molecular complexity index is 1210. The van der Waals surface area contributed by atoms with E-state index in [0.717, 1.165) is 52.5 Å². The van der Waals surface area contributed by atoms with Gasteiger partial charge in [-0.3, -0.25) is 14.5 Å². The van der Waals surface area contributed by atoms with Crippen molar-refractivity contribution in [3.05, 3.63) is 64.0 Å². The molecule has 3 aromatic rings. The van der Waals surface area contributed by atoms with Gasteiger partial charge in [0.25, 0.3) is 5.91 Å². The van der Waals surface area contributed by atoms with Crippen molar-refractivity contribution in [1.29, 1.82) is 0 Å². The molecule has 2 aliphatic heterocycles. The molecule has 0 aliphatic carbocycles. The lowest BCUT2D eigenvalue weighted by Gasteiger charge is -2.25. The van der Waals surface area contributed by atoms with Crippen molar-refractivity contribution in [2.45, 2.75) is 39.5 Å². The number of aromatic nitrogens is 1. The Morgan fingerprint density at radius 3 is 2.53 bits per heavy atom. The number of anilines is 2. The fraction of sp³-hybridized carbons (Fsp3) is 0.370. The maximum Gasteiger partial charge on any atom is 0.258 e. The highest BCUT2D eigenvalue weighted by atomic mass is 32.1. The lowest BCUT2D eigenvalue weighted by atomic mass is 10.1. The van der Waals surface area contributed by atoms with Crippen LogP contribution in [0.4, 0.5) is 10.8 Å². The maximum atomic E-state index is 13.1. The molecule has 1 fully saturated rings. The summed E-state index contributed by atoms with van der Waals surface area (Å²) in [6, 6.07) is 13.9. The van der Waals surface area contributed by atoms with E-state index >= 15 is 0 Å². The molecule has 5 rings (SSSR count). The summed E-state index contributed by atoms with van der Waals surface area (Å²) in [6.07, 6.45) is 4.41. The molecule has 6 nitrogen and oxygen atoms in total. The molecule has 34 heavy (non-hydrogen) atoms. The van der Waals surface area contributed by atoms with E-state index in [1.807, 2.05) is 55.1 Å². The lowest BCUT2D eigenvalue weighted by molar-refractivity contribution is -0.117. The number of piperidine rings is 1. The summed E-state index contributed by atoms with van der Waals surface area (Å²) < 4.78 is 0. The SMILES string of the molecule is Cc1ccc(C(=O)N2CCc3cc(-c4nc(NC(=O)CN5CCCCC5)sc4C)ccc32)cc1. The number of hydrogen-bond acceptors (Lipinski definition) is 5. The molecule has 176 valence electrons. The second-order valence-corrected chi connectivity index (χ2v) is 10.4. The van der Waals surface area contributed by atoms with Gasteiger partial charge in [0.15, 0.2) is 5.13 Å². The second kappa shape index (κ2) is 9.68. The Balaban J connectivity index is 1.30. The van der Waals surface area contributed by atoms with Crippen LogP contribution in [0, 0.1) is 13.8 Å². The highest BCUT2D eigenvalue weighted by Gasteiger charge is 2.26. The highest BCUT2D eigenvalue weighted by molar-refractivity contribution is 7.16. The number of carbonyl (C=O) groups is 2. The Hall–Kier alpha value is -3.03. The minimum absolute atomic E-state index is 0.00131. The number of aryl methyl sites for hydroxylation is 2. The molecule has 3 heterocycles. The first-order chi connectivity index (χ1) is 16.5. The van der Waals surface area contributed by atoms with Gasteiger partial charge in [-0.1, -0.05) is 30.2 Å². The molecular formula is C27H30N4O2S. The molecule has 1 saturated heterocycles. The number of carbonyl (C=O) groups excluding carboxylic acids is 2. The van der Waals surface area contributed by atoms with Crippen molar-refractivity contribution in [1.82, 2.24) is 9.88 Å². The van der Waals surface area contributed by atoms with Gasteiger partial charge in [0.05, 0.1) is 12.2 Å². The fourth-order valence-electron chi connectivity index (χ4n) is 4.81. The third kappa shape index (κ3) is 4.76. The molecule has 0 saturated carbocycles. The smallest absolute Gasteiger partial charge is 0.258 e. The number of rotatable bonds is 5. The van der Waals surface area contributed by atoms with Gasteiger partial charge in [-0.15, -0.1) is 11.3 Å². The van der Waals surface area contributed by atoms with Gasteiger partial charge < -0.3 is 10.2 Å². The summed E-state index contributed by atoms with van der Waals surface area (Å²) in [5.74, 6) is 0.0384. The monoisotopic (exact) mass is 474 g/mol. The minimum atomic E-state index is 0.00131. The van der Waals surface area contributed by atoms with Crippen LogP contribution in [0.3, 0.4) is 0 Å². The van der Waals surface area contributed by atoms with Crippen LogP contribution in [0.2, 0.25) is 0 Å². The minimum Gasteiger partial charge on any atom is -0.308 e. The number of nitrogens with zero attached hydrogens (tertiary/aromatic N) is 3. The first kappa shape index (κ1) is 22.7. The number of likely N-dealkylation sites (tertiary alicyclic amines) is 1. The normalized spacial score (nSPS) is 15.9. The predicted molar refractivity (Wildman–Crippen MR) is 138 cm³/mol. The van der Waals surface area contributed by atoms with Crippen molar-refractivity contribution < 1.29 is 9.59 Å². The molecule has 0 unspecified atom stereocenters. The van der Waals surface area contributed by atoms with E-state index in [9.17, 15) is 9.59 Å². The Labute approximate surface area is 204 Å². The van der Waals surface area contributed by atoms with Gasteiger partial charge in [-0.2, -0.15) is 0 Å². The number of benzene rings is 2. The number of hydrogen-bond donors (Lipinski definition) is 1. The molecule has 1 aromatic heterocycles. The third-order valence-electron chi connectivity index (χ3n) is 6.65. The quantitative estimate of drug-likeness (QED) is 0.562. The molecular weight excluding hydrogens is 444 g/mol. The zero-order chi connectivity index (χ0) is 23.7. The van der Waals surface area contributed by atoms with E-state index in [1.165, 1.54) is 30.6 Å². The van der Waals surface area contributed by atoms with Crippen LogP contribution in [0.25, 0.3) is 11.3 Å². The highest BCUT2D eigenvalue weighted by Crippen LogP contribution is 2.36. The van der Waals surface area contributed by atoms with E-state index in [4.69, 9.17) is 4.98 Å². The van der Waals surface area contributed by atoms with Crippen LogP contribution < -0.4 is 10.2 Å². The van der Waals surface area contributed by atoms with Crippen LogP contribution in [0.15, 0.2) is 42.5 Å². The second-order valence-electron chi connectivity index (χ2n) is 9.23. The lowest BCUT2D eigenvalue weighted by Crippen LogP contribution is -2.36. The van der Waals surface area contributed by atoms with Gasteiger partial charge in [-0.05, 0) is 76.0 Å². The Morgan fingerprint density at radius 1 is 1.00 bits per heavy atom.